The minimum atomic E-state index is -3.30. The van der Waals surface area contributed by atoms with Gasteiger partial charge in [0.25, 0.3) is 5.91 Å². The summed E-state index contributed by atoms with van der Waals surface area (Å²) >= 11 is 0. The fourth-order valence-corrected chi connectivity index (χ4v) is 3.08. The molecule has 9 heteroatoms. The first-order valence-corrected chi connectivity index (χ1v) is 8.42. The fraction of sp³-hybridized carbons (Fsp3) is 0.333. The lowest BCUT2D eigenvalue weighted by atomic mass is 9.72. The minimum absolute atomic E-state index is 0.00727. The van der Waals surface area contributed by atoms with E-state index in [0.717, 1.165) is 36.6 Å². The molecule has 4 N–H and O–H groups in total. The Kier molecular flexibility index (Phi) is 5.13. The lowest BCUT2D eigenvalue weighted by Crippen LogP contribution is -2.43. The zero-order valence-corrected chi connectivity index (χ0v) is 14.6. The Morgan fingerprint density at radius 2 is 1.89 bits per heavy atom. The van der Waals surface area contributed by atoms with Crippen molar-refractivity contribution in [3.8, 4) is 0 Å². The number of aromatic nitrogens is 2. The van der Waals surface area contributed by atoms with E-state index in [2.05, 4.69) is 15.3 Å². The number of halogens is 2. The maximum absolute atomic E-state index is 12.9. The van der Waals surface area contributed by atoms with Gasteiger partial charge in [0.05, 0.1) is 11.1 Å². The third-order valence-corrected chi connectivity index (χ3v) is 4.76. The highest BCUT2D eigenvalue weighted by molar-refractivity contribution is 6.07. The van der Waals surface area contributed by atoms with E-state index in [1.807, 2.05) is 31.2 Å². The molecule has 1 aliphatic carbocycles. The van der Waals surface area contributed by atoms with Crippen molar-refractivity contribution in [1.29, 1.82) is 0 Å². The Morgan fingerprint density at radius 3 is 2.41 bits per heavy atom. The summed E-state index contributed by atoms with van der Waals surface area (Å²) in [6.07, 6.45) is 0.323. The third-order valence-electron chi connectivity index (χ3n) is 4.76. The number of nitrogens with two attached hydrogens (primary N) is 1. The number of hydrogen-bond donors (Lipinski definition) is 3. The number of ketones is 1. The molecule has 0 atom stereocenters. The molecule has 142 valence electrons. The van der Waals surface area contributed by atoms with Gasteiger partial charge in [-0.2, -0.15) is 0 Å². The molecule has 1 aliphatic rings. The molecule has 7 nitrogen and oxygen atoms in total. The Labute approximate surface area is 154 Å². The average Bonchev–Trinajstić information content (AvgIpc) is 2.64. The molecule has 0 aliphatic heterocycles. The Bertz CT molecular complexity index is 867. The zero-order chi connectivity index (χ0) is 19.6. The first-order valence-electron chi connectivity index (χ1n) is 8.42. The summed E-state index contributed by atoms with van der Waals surface area (Å²) in [6.45, 7) is 1.98. The van der Waals surface area contributed by atoms with Gasteiger partial charge in [-0.3, -0.25) is 15.0 Å². The van der Waals surface area contributed by atoms with Crippen LogP contribution in [0.3, 0.4) is 0 Å². The van der Waals surface area contributed by atoms with Crippen LogP contribution < -0.4 is 16.6 Å². The van der Waals surface area contributed by atoms with Gasteiger partial charge >= 0.3 is 6.43 Å². The van der Waals surface area contributed by atoms with Gasteiger partial charge in [0.1, 0.15) is 5.69 Å². The monoisotopic (exact) mass is 375 g/mol. The summed E-state index contributed by atoms with van der Waals surface area (Å²) in [5.41, 5.74) is 2.44. The summed E-state index contributed by atoms with van der Waals surface area (Å²) in [5.74, 6) is 2.57. The van der Waals surface area contributed by atoms with E-state index in [9.17, 15) is 18.4 Å². The molecular weight excluding hydrogens is 356 g/mol. The van der Waals surface area contributed by atoms with E-state index in [1.165, 1.54) is 0 Å². The normalized spacial score (nSPS) is 15.1. The summed E-state index contributed by atoms with van der Waals surface area (Å²) in [5, 5.41) is 3.16. The number of hydrazine groups is 1. The number of nitrogen functional groups attached to an aromatic ring is 1. The van der Waals surface area contributed by atoms with Gasteiger partial charge < -0.3 is 5.32 Å². The highest BCUT2D eigenvalue weighted by atomic mass is 19.3. The van der Waals surface area contributed by atoms with E-state index in [4.69, 9.17) is 5.84 Å². The second-order valence-corrected chi connectivity index (χ2v) is 6.52. The molecule has 0 spiro atoms. The third kappa shape index (κ3) is 3.63. The number of Topliss-reactive ketones (excluding diaryl/α,β-unsaturated/α-hetero) is 1. The fourth-order valence-electron chi connectivity index (χ4n) is 3.08. The molecule has 1 heterocycles. The predicted octanol–water partition coefficient (Wildman–Crippen LogP) is 2.33. The van der Waals surface area contributed by atoms with Gasteiger partial charge in [0.2, 0.25) is 11.7 Å². The summed E-state index contributed by atoms with van der Waals surface area (Å²) in [7, 11) is 0. The van der Waals surface area contributed by atoms with Crippen molar-refractivity contribution in [2.24, 2.45) is 5.84 Å². The van der Waals surface area contributed by atoms with Crippen LogP contribution in [0.25, 0.3) is 0 Å². The van der Waals surface area contributed by atoms with Gasteiger partial charge in [0.15, 0.2) is 0 Å². The van der Waals surface area contributed by atoms with Crippen molar-refractivity contribution in [2.45, 2.75) is 38.2 Å². The van der Waals surface area contributed by atoms with Crippen LogP contribution in [0, 0.1) is 6.92 Å². The van der Waals surface area contributed by atoms with Crippen molar-refractivity contribution in [2.75, 3.05) is 5.32 Å². The maximum Gasteiger partial charge on any atom is 0.302 e. The lowest BCUT2D eigenvalue weighted by Gasteiger charge is -2.43. The number of benzene rings is 1. The molecule has 2 aromatic rings. The molecule has 0 bridgehead atoms. The first kappa shape index (κ1) is 18.8. The van der Waals surface area contributed by atoms with Gasteiger partial charge in [-0.25, -0.2) is 24.6 Å². The van der Waals surface area contributed by atoms with Crippen LogP contribution in [0.1, 0.15) is 51.2 Å². The molecule has 0 saturated heterocycles. The molecule has 0 radical (unpaired) electrons. The van der Waals surface area contributed by atoms with E-state index >= 15 is 0 Å². The van der Waals surface area contributed by atoms with E-state index in [-0.39, 0.29) is 5.95 Å². The molecule has 27 heavy (non-hydrogen) atoms. The second kappa shape index (κ2) is 7.36. The molecule has 1 saturated carbocycles. The number of aryl methyl sites for hydroxylation is 1. The standard InChI is InChI=1S/C18H19F2N5O2/c1-10-3-5-11(6-4-10)18(7-2-8-18)24-17-22-9-12(16(27)25-21)13(23-17)14(26)15(19)20/h3-6,9,15H,2,7-8,21H2,1H3,(H,25,27)(H,22,23,24). The zero-order valence-electron chi connectivity index (χ0n) is 14.6. The summed E-state index contributed by atoms with van der Waals surface area (Å²) in [6, 6.07) is 7.95. The number of hydrogen-bond acceptors (Lipinski definition) is 6. The quantitative estimate of drug-likeness (QED) is 0.309. The first-order chi connectivity index (χ1) is 12.9. The molecule has 3 rings (SSSR count). The van der Waals surface area contributed by atoms with Gasteiger partial charge in [-0.05, 0) is 31.7 Å². The average molecular weight is 375 g/mol. The Balaban J connectivity index is 1.96. The largest absolute Gasteiger partial charge is 0.345 e. The topological polar surface area (TPSA) is 110 Å². The number of alkyl halides is 2. The van der Waals surface area contributed by atoms with Crippen LogP contribution in [0.15, 0.2) is 30.5 Å². The van der Waals surface area contributed by atoms with Crippen molar-refractivity contribution in [3.63, 3.8) is 0 Å². The maximum atomic E-state index is 12.9. The Hall–Kier alpha value is -2.94. The molecule has 1 aromatic heterocycles. The van der Waals surface area contributed by atoms with Gasteiger partial charge in [-0.15, -0.1) is 0 Å². The summed E-state index contributed by atoms with van der Waals surface area (Å²) < 4.78 is 25.8. The number of anilines is 1. The van der Waals surface area contributed by atoms with Crippen LogP contribution in [0.4, 0.5) is 14.7 Å². The Morgan fingerprint density at radius 1 is 1.22 bits per heavy atom. The number of nitrogens with zero attached hydrogens (tertiary/aromatic N) is 2. The molecule has 1 fully saturated rings. The number of nitrogens with one attached hydrogen (secondary N) is 2. The van der Waals surface area contributed by atoms with Gasteiger partial charge in [0, 0.05) is 6.20 Å². The van der Waals surface area contributed by atoms with E-state index in [1.54, 1.807) is 5.43 Å². The lowest BCUT2D eigenvalue weighted by molar-refractivity contribution is 0.0669. The number of carbonyl (C=O) groups excluding carboxylic acids is 2. The highest BCUT2D eigenvalue weighted by Gasteiger charge is 2.39. The van der Waals surface area contributed by atoms with Crippen molar-refractivity contribution in [3.05, 3.63) is 52.8 Å². The molecule has 0 unspecified atom stereocenters. The molecular formula is C18H19F2N5O2. The highest BCUT2D eigenvalue weighted by Crippen LogP contribution is 2.43. The molecule has 1 aromatic carbocycles. The van der Waals surface area contributed by atoms with E-state index < -0.39 is 34.9 Å². The summed E-state index contributed by atoms with van der Waals surface area (Å²) in [4.78, 5) is 31.5. The number of amides is 1. The van der Waals surface area contributed by atoms with Crippen LogP contribution >= 0.6 is 0 Å². The van der Waals surface area contributed by atoms with Gasteiger partial charge in [-0.1, -0.05) is 29.8 Å². The van der Waals surface area contributed by atoms with Crippen LogP contribution in [-0.4, -0.2) is 28.1 Å². The van der Waals surface area contributed by atoms with E-state index in [0.29, 0.717) is 0 Å². The van der Waals surface area contributed by atoms with Crippen molar-refractivity contribution >= 4 is 17.6 Å². The predicted molar refractivity (Wildman–Crippen MR) is 94.4 cm³/mol. The smallest absolute Gasteiger partial charge is 0.302 e. The van der Waals surface area contributed by atoms with Crippen molar-refractivity contribution < 1.29 is 18.4 Å². The SMILES string of the molecule is Cc1ccc(C2(Nc3ncc(C(=O)NN)c(C(=O)C(F)F)n3)CCC2)cc1. The molecule has 1 amide bonds. The number of carbonyl (C=O) groups is 2. The number of rotatable bonds is 6. The second-order valence-electron chi connectivity index (χ2n) is 6.52. The van der Waals surface area contributed by atoms with Crippen LogP contribution in [0.5, 0.6) is 0 Å². The van der Waals surface area contributed by atoms with Crippen LogP contribution in [-0.2, 0) is 5.54 Å². The van der Waals surface area contributed by atoms with Crippen molar-refractivity contribution in [1.82, 2.24) is 15.4 Å². The van der Waals surface area contributed by atoms with Crippen LogP contribution in [0.2, 0.25) is 0 Å². The minimum Gasteiger partial charge on any atom is -0.345 e.